The summed E-state index contributed by atoms with van der Waals surface area (Å²) in [5.41, 5.74) is 5.59. The summed E-state index contributed by atoms with van der Waals surface area (Å²) in [4.78, 5) is 16.9. The van der Waals surface area contributed by atoms with Gasteiger partial charge in [0, 0.05) is 17.2 Å². The number of fused-ring (bicyclic) bond motifs is 5. The minimum atomic E-state index is -0.0486. The van der Waals surface area contributed by atoms with Gasteiger partial charge in [-0.15, -0.1) is 0 Å². The summed E-state index contributed by atoms with van der Waals surface area (Å²) in [5.74, 6) is 0.0145. The van der Waals surface area contributed by atoms with Crippen LogP contribution in [0.15, 0.2) is 61.1 Å². The number of carbonyl (C=O) groups excluding carboxylic acids is 1. The number of amides is 1. The molecule has 124 valence electrons. The molecule has 0 bridgehead atoms. The smallest absolute Gasteiger partial charge is 0.251 e. The van der Waals surface area contributed by atoms with Gasteiger partial charge in [0.05, 0.1) is 23.8 Å². The second-order valence-electron chi connectivity index (χ2n) is 7.17. The Morgan fingerprint density at radius 3 is 2.88 bits per heavy atom. The fourth-order valence-corrected chi connectivity index (χ4v) is 4.41. The molecule has 1 aliphatic heterocycles. The highest BCUT2D eigenvalue weighted by Gasteiger charge is 2.52. The van der Waals surface area contributed by atoms with Gasteiger partial charge in [-0.05, 0) is 37.5 Å². The van der Waals surface area contributed by atoms with Crippen molar-refractivity contribution >= 4 is 5.91 Å². The van der Waals surface area contributed by atoms with Crippen LogP contribution < -0.4 is 5.32 Å². The van der Waals surface area contributed by atoms with E-state index in [4.69, 9.17) is 0 Å². The predicted octanol–water partition coefficient (Wildman–Crippen LogP) is 3.51. The molecule has 25 heavy (non-hydrogen) atoms. The number of rotatable bonds is 2. The third kappa shape index (κ3) is 2.00. The second kappa shape index (κ2) is 5.06. The fraction of sp³-hybridized carbons (Fsp3) is 0.238. The van der Waals surface area contributed by atoms with Crippen LogP contribution in [0.3, 0.4) is 0 Å². The van der Waals surface area contributed by atoms with Gasteiger partial charge in [0.1, 0.15) is 0 Å². The molecule has 1 aliphatic carbocycles. The van der Waals surface area contributed by atoms with Gasteiger partial charge < -0.3 is 9.88 Å². The van der Waals surface area contributed by atoms with Gasteiger partial charge in [-0.2, -0.15) is 0 Å². The van der Waals surface area contributed by atoms with Gasteiger partial charge in [0.25, 0.3) is 5.91 Å². The Morgan fingerprint density at radius 2 is 2.04 bits per heavy atom. The number of imidazole rings is 1. The Kier molecular flexibility index (Phi) is 2.93. The van der Waals surface area contributed by atoms with E-state index >= 15 is 0 Å². The van der Waals surface area contributed by atoms with Crippen molar-refractivity contribution in [1.82, 2.24) is 14.9 Å². The van der Waals surface area contributed by atoms with Crippen LogP contribution in [-0.2, 0) is 5.54 Å². The molecule has 4 nitrogen and oxygen atoms in total. The largest absolute Gasteiger partial charge is 0.349 e. The van der Waals surface area contributed by atoms with E-state index in [1.54, 1.807) is 0 Å². The van der Waals surface area contributed by atoms with Gasteiger partial charge in [0.2, 0.25) is 0 Å². The minimum Gasteiger partial charge on any atom is -0.349 e. The first kappa shape index (κ1) is 14.5. The zero-order valence-corrected chi connectivity index (χ0v) is 14.1. The summed E-state index contributed by atoms with van der Waals surface area (Å²) >= 11 is 0. The number of benzene rings is 2. The molecular weight excluding hydrogens is 310 g/mol. The van der Waals surface area contributed by atoms with E-state index in [2.05, 4.69) is 39.1 Å². The molecule has 1 spiro atoms. The number of aryl methyl sites for hydroxylation is 1. The lowest BCUT2D eigenvalue weighted by Gasteiger charge is -2.47. The van der Waals surface area contributed by atoms with Crippen molar-refractivity contribution < 1.29 is 4.79 Å². The fourth-order valence-electron chi connectivity index (χ4n) is 4.41. The molecule has 0 saturated heterocycles. The van der Waals surface area contributed by atoms with Gasteiger partial charge in [0.15, 0.2) is 0 Å². The zero-order chi connectivity index (χ0) is 17.0. The minimum absolute atomic E-state index is 0.0145. The number of aromatic nitrogens is 2. The van der Waals surface area contributed by atoms with Crippen molar-refractivity contribution in [3.63, 3.8) is 0 Å². The van der Waals surface area contributed by atoms with Crippen molar-refractivity contribution in [1.29, 1.82) is 0 Å². The maximum atomic E-state index is 12.5. The molecule has 1 saturated carbocycles. The number of hydrogen-bond donors (Lipinski definition) is 1. The van der Waals surface area contributed by atoms with E-state index in [1.165, 1.54) is 16.8 Å². The molecule has 0 unspecified atom stereocenters. The topological polar surface area (TPSA) is 46.9 Å². The lowest BCUT2D eigenvalue weighted by atomic mass is 9.68. The molecule has 2 aromatic carbocycles. The third-order valence-corrected chi connectivity index (χ3v) is 5.59. The summed E-state index contributed by atoms with van der Waals surface area (Å²) in [6, 6.07) is 16.5. The summed E-state index contributed by atoms with van der Waals surface area (Å²) in [6.45, 7) is 2.01. The summed E-state index contributed by atoms with van der Waals surface area (Å²) < 4.78 is 2.28. The molecule has 1 N–H and O–H groups in total. The quantitative estimate of drug-likeness (QED) is 0.782. The van der Waals surface area contributed by atoms with Crippen molar-refractivity contribution in [2.75, 3.05) is 0 Å². The first-order valence-electron chi connectivity index (χ1n) is 8.68. The van der Waals surface area contributed by atoms with E-state index in [9.17, 15) is 4.79 Å². The van der Waals surface area contributed by atoms with Crippen LogP contribution in [0, 0.1) is 6.92 Å². The molecule has 3 aromatic rings. The van der Waals surface area contributed by atoms with Gasteiger partial charge in [-0.25, -0.2) is 4.98 Å². The molecule has 0 atom stereocenters. The Morgan fingerprint density at radius 1 is 1.20 bits per heavy atom. The average molecular weight is 329 g/mol. The molecule has 2 aliphatic rings. The monoisotopic (exact) mass is 329 g/mol. The molecule has 4 heteroatoms. The number of carbonyl (C=O) groups is 1. The second-order valence-corrected chi connectivity index (χ2v) is 7.17. The first-order chi connectivity index (χ1) is 12.2. The molecule has 1 aromatic heterocycles. The van der Waals surface area contributed by atoms with Crippen LogP contribution in [0.1, 0.15) is 34.3 Å². The number of hydrogen-bond acceptors (Lipinski definition) is 2. The Balaban J connectivity index is 1.39. The van der Waals surface area contributed by atoms with Crippen molar-refractivity contribution in [2.24, 2.45) is 0 Å². The van der Waals surface area contributed by atoms with E-state index < -0.39 is 0 Å². The standard InChI is InChI=1S/C21H19N3O/c1-14-5-4-6-15(9-14)20(25)23-16-10-21(11-16)18-8-3-2-7-17(18)19-12-22-13-24(19)21/h2-9,12-13,16H,10-11H2,1H3,(H,23,25). The summed E-state index contributed by atoms with van der Waals surface area (Å²) in [7, 11) is 0. The summed E-state index contributed by atoms with van der Waals surface area (Å²) in [6.07, 6.45) is 5.68. The highest BCUT2D eigenvalue weighted by atomic mass is 16.1. The average Bonchev–Trinajstić information content (AvgIpc) is 3.16. The maximum absolute atomic E-state index is 12.5. The Labute approximate surface area is 146 Å². The van der Waals surface area contributed by atoms with Crippen LogP contribution in [0.25, 0.3) is 11.3 Å². The van der Waals surface area contributed by atoms with Gasteiger partial charge >= 0.3 is 0 Å². The number of nitrogens with one attached hydrogen (secondary N) is 1. The van der Waals surface area contributed by atoms with Gasteiger partial charge in [-0.1, -0.05) is 42.0 Å². The Hall–Kier alpha value is -2.88. The van der Waals surface area contributed by atoms with Crippen LogP contribution in [0.2, 0.25) is 0 Å². The SMILES string of the molecule is Cc1cccc(C(=O)NC2CC3(C2)c2ccccc2-c2cncn23)c1. The lowest BCUT2D eigenvalue weighted by molar-refractivity contribution is 0.0835. The molecule has 1 fully saturated rings. The summed E-state index contributed by atoms with van der Waals surface area (Å²) in [5, 5.41) is 3.19. The van der Waals surface area contributed by atoms with Crippen LogP contribution in [-0.4, -0.2) is 21.5 Å². The zero-order valence-electron chi connectivity index (χ0n) is 14.1. The van der Waals surface area contributed by atoms with Gasteiger partial charge in [-0.3, -0.25) is 4.79 Å². The van der Waals surface area contributed by atoms with Crippen LogP contribution in [0.4, 0.5) is 0 Å². The van der Waals surface area contributed by atoms with Crippen molar-refractivity contribution in [2.45, 2.75) is 31.3 Å². The molecule has 2 heterocycles. The maximum Gasteiger partial charge on any atom is 0.251 e. The number of nitrogens with zero attached hydrogens (tertiary/aromatic N) is 2. The van der Waals surface area contributed by atoms with E-state index in [-0.39, 0.29) is 17.5 Å². The van der Waals surface area contributed by atoms with Crippen molar-refractivity contribution in [3.05, 3.63) is 77.7 Å². The van der Waals surface area contributed by atoms with Crippen LogP contribution in [0.5, 0.6) is 0 Å². The van der Waals surface area contributed by atoms with E-state index in [1.807, 2.05) is 43.7 Å². The predicted molar refractivity (Wildman–Crippen MR) is 96.4 cm³/mol. The van der Waals surface area contributed by atoms with Crippen molar-refractivity contribution in [3.8, 4) is 11.3 Å². The highest BCUT2D eigenvalue weighted by Crippen LogP contribution is 2.54. The Bertz CT molecular complexity index is 982. The molecule has 1 amide bonds. The highest BCUT2D eigenvalue weighted by molar-refractivity contribution is 5.94. The molecule has 5 rings (SSSR count). The van der Waals surface area contributed by atoms with E-state index in [0.29, 0.717) is 0 Å². The normalized spacial score (nSPS) is 23.0. The third-order valence-electron chi connectivity index (χ3n) is 5.59. The van der Waals surface area contributed by atoms with Crippen LogP contribution >= 0.6 is 0 Å². The van der Waals surface area contributed by atoms with E-state index in [0.717, 1.165) is 24.0 Å². The molecule has 0 radical (unpaired) electrons. The molecular formula is C21H19N3O. The first-order valence-corrected chi connectivity index (χ1v) is 8.68. The lowest BCUT2D eigenvalue weighted by Crippen LogP contribution is -2.55.